The van der Waals surface area contributed by atoms with Crippen LogP contribution in [-0.2, 0) is 0 Å². The Hall–Kier alpha value is -0.606. The molecule has 0 radical (unpaired) electrons. The third-order valence-corrected chi connectivity index (χ3v) is 8.62. The van der Waals surface area contributed by atoms with Gasteiger partial charge in [-0.15, -0.1) is 0 Å². The lowest BCUT2D eigenvalue weighted by Crippen LogP contribution is -2.31. The van der Waals surface area contributed by atoms with Crippen LogP contribution < -0.4 is 0 Å². The molecule has 0 N–H and O–H groups in total. The molecular weight excluding hydrogens is 248 g/mol. The van der Waals surface area contributed by atoms with Gasteiger partial charge in [-0.05, 0) is 23.6 Å². The van der Waals surface area contributed by atoms with Gasteiger partial charge in [0.1, 0.15) is 0 Å². The lowest BCUT2D eigenvalue weighted by molar-refractivity contribution is 1.07. The van der Waals surface area contributed by atoms with E-state index in [1.807, 2.05) is 0 Å². The average molecular weight is 275 g/mol. The molecule has 0 saturated carbocycles. The highest BCUT2D eigenvalue weighted by atomic mass is 28.3. The lowest BCUT2D eigenvalue weighted by atomic mass is 10.1. The number of hydrogen-bond donors (Lipinski definition) is 0. The minimum Gasteiger partial charge on any atom is -0.0688 e. The molecule has 0 amide bonds. The van der Waals surface area contributed by atoms with Gasteiger partial charge < -0.3 is 0 Å². The Morgan fingerprint density at radius 1 is 0.889 bits per heavy atom. The van der Waals surface area contributed by atoms with Crippen LogP contribution in [0.1, 0.15) is 23.6 Å². The van der Waals surface area contributed by atoms with E-state index in [1.54, 1.807) is 21.9 Å². The molecule has 0 spiro atoms. The fourth-order valence-electron chi connectivity index (χ4n) is 3.68. The van der Waals surface area contributed by atoms with Crippen LogP contribution in [0.25, 0.3) is 5.20 Å². The van der Waals surface area contributed by atoms with Gasteiger partial charge in [0.25, 0.3) is 0 Å². The summed E-state index contributed by atoms with van der Waals surface area (Å²) >= 11 is 0. The number of fused-ring (bicyclic) bond motifs is 1. The second kappa shape index (κ2) is 4.21. The molecule has 0 aromatic heterocycles. The molecule has 1 atom stereocenters. The van der Waals surface area contributed by atoms with E-state index in [-0.39, 0.29) is 0 Å². The molecule has 2 rings (SSSR count). The summed E-state index contributed by atoms with van der Waals surface area (Å²) in [6, 6.07) is 9.15. The van der Waals surface area contributed by atoms with Crippen molar-refractivity contribution in [3.63, 3.8) is 0 Å². The third-order valence-electron chi connectivity index (χ3n) is 3.98. The van der Waals surface area contributed by atoms with Crippen LogP contribution in [0.4, 0.5) is 0 Å². The molecule has 0 nitrogen and oxygen atoms in total. The first kappa shape index (κ1) is 13.8. The Kier molecular flexibility index (Phi) is 3.23. The molecular formula is C16H26Si2. The smallest absolute Gasteiger partial charge is 0.0688 e. The monoisotopic (exact) mass is 274 g/mol. The first-order chi connectivity index (χ1) is 8.14. The first-order valence-corrected chi connectivity index (χ1v) is 14.0. The number of benzene rings is 1. The Bertz CT molecular complexity index is 499. The predicted molar refractivity (Wildman–Crippen MR) is 88.5 cm³/mol. The second-order valence-corrected chi connectivity index (χ2v) is 18.0. The molecule has 0 fully saturated rings. The highest BCUT2D eigenvalue weighted by Crippen LogP contribution is 2.49. The summed E-state index contributed by atoms with van der Waals surface area (Å²) < 4.78 is 0. The lowest BCUT2D eigenvalue weighted by Gasteiger charge is -2.28. The fraction of sp³-hybridized carbons (Fsp3) is 0.500. The van der Waals surface area contributed by atoms with Crippen molar-refractivity contribution in [2.45, 2.75) is 51.7 Å². The minimum absolute atomic E-state index is 0.732. The molecule has 1 unspecified atom stereocenters. The van der Waals surface area contributed by atoms with Crippen molar-refractivity contribution in [2.75, 3.05) is 0 Å². The molecule has 18 heavy (non-hydrogen) atoms. The fourth-order valence-corrected chi connectivity index (χ4v) is 8.81. The topological polar surface area (TPSA) is 0 Å². The van der Waals surface area contributed by atoms with E-state index in [1.165, 1.54) is 0 Å². The first-order valence-electron chi connectivity index (χ1n) is 6.94. The Labute approximate surface area is 114 Å². The van der Waals surface area contributed by atoms with E-state index in [0.29, 0.717) is 0 Å². The summed E-state index contributed by atoms with van der Waals surface area (Å²) in [5, 5.41) is 1.73. The zero-order chi connectivity index (χ0) is 13.7. The quantitative estimate of drug-likeness (QED) is 0.641. The largest absolute Gasteiger partial charge is 0.0783 e. The highest BCUT2D eigenvalue weighted by molar-refractivity contribution is 6.94. The van der Waals surface area contributed by atoms with Gasteiger partial charge in [0.15, 0.2) is 0 Å². The predicted octanol–water partition coefficient (Wildman–Crippen LogP) is 5.31. The van der Waals surface area contributed by atoms with E-state index in [4.69, 9.17) is 0 Å². The SMILES string of the molecule is CC1=C([Si](C)(C)C)c2ccccc2C1[Si](C)(C)C. The Balaban J connectivity index is 2.70. The van der Waals surface area contributed by atoms with Gasteiger partial charge in [-0.3, -0.25) is 0 Å². The normalized spacial score (nSPS) is 20.3. The molecule has 0 saturated heterocycles. The van der Waals surface area contributed by atoms with Crippen LogP contribution in [-0.4, -0.2) is 16.1 Å². The van der Waals surface area contributed by atoms with E-state index in [0.717, 1.165) is 5.54 Å². The summed E-state index contributed by atoms with van der Waals surface area (Å²) in [7, 11) is -2.45. The Morgan fingerprint density at radius 3 is 1.94 bits per heavy atom. The number of rotatable bonds is 2. The minimum atomic E-state index is -1.26. The Morgan fingerprint density at radius 2 is 1.44 bits per heavy atom. The van der Waals surface area contributed by atoms with Crippen LogP contribution in [0, 0.1) is 0 Å². The third kappa shape index (κ3) is 2.16. The van der Waals surface area contributed by atoms with Crippen molar-refractivity contribution in [1.29, 1.82) is 0 Å². The second-order valence-electron chi connectivity index (χ2n) is 7.69. The van der Waals surface area contributed by atoms with Crippen LogP contribution in [0.2, 0.25) is 39.3 Å². The molecule has 98 valence electrons. The summed E-state index contributed by atoms with van der Waals surface area (Å²) in [4.78, 5) is 0. The number of allylic oxidation sites excluding steroid dienone is 1. The molecule has 0 bridgehead atoms. The zero-order valence-electron chi connectivity index (χ0n) is 12.9. The molecule has 1 aromatic carbocycles. The molecule has 0 aliphatic heterocycles. The molecule has 0 heterocycles. The van der Waals surface area contributed by atoms with Gasteiger partial charge in [0, 0.05) is 0 Å². The van der Waals surface area contributed by atoms with E-state index in [2.05, 4.69) is 70.5 Å². The maximum atomic E-state index is 2.51. The van der Waals surface area contributed by atoms with Crippen molar-refractivity contribution in [3.05, 3.63) is 41.0 Å². The summed E-state index contributed by atoms with van der Waals surface area (Å²) in [6.07, 6.45) is 0. The molecule has 1 aromatic rings. The van der Waals surface area contributed by atoms with E-state index < -0.39 is 16.1 Å². The molecule has 1 aliphatic carbocycles. The molecule has 2 heteroatoms. The summed E-state index contributed by atoms with van der Waals surface area (Å²) in [6.45, 7) is 17.4. The van der Waals surface area contributed by atoms with Crippen LogP contribution >= 0.6 is 0 Å². The average Bonchev–Trinajstić information content (AvgIpc) is 2.47. The van der Waals surface area contributed by atoms with Gasteiger partial charge in [-0.2, -0.15) is 0 Å². The van der Waals surface area contributed by atoms with Crippen molar-refractivity contribution in [2.24, 2.45) is 0 Å². The van der Waals surface area contributed by atoms with E-state index in [9.17, 15) is 0 Å². The van der Waals surface area contributed by atoms with E-state index >= 15 is 0 Å². The molecule has 1 aliphatic rings. The maximum absolute atomic E-state index is 2.51. The summed E-state index contributed by atoms with van der Waals surface area (Å²) in [5.74, 6) is 0. The van der Waals surface area contributed by atoms with Gasteiger partial charge in [0.05, 0.1) is 16.1 Å². The van der Waals surface area contributed by atoms with Gasteiger partial charge >= 0.3 is 0 Å². The van der Waals surface area contributed by atoms with Gasteiger partial charge in [-0.1, -0.05) is 74.3 Å². The van der Waals surface area contributed by atoms with Crippen molar-refractivity contribution < 1.29 is 0 Å². The van der Waals surface area contributed by atoms with Crippen molar-refractivity contribution >= 4 is 21.3 Å². The van der Waals surface area contributed by atoms with Crippen LogP contribution in [0.3, 0.4) is 0 Å². The zero-order valence-corrected chi connectivity index (χ0v) is 14.9. The standard InChI is InChI=1S/C16H26Si2/c1-12-15(17(2,3)4)13-10-8-9-11-14(13)16(12)18(5,6)7/h8-11,15H,1-7H3. The van der Waals surface area contributed by atoms with Gasteiger partial charge in [-0.25, -0.2) is 0 Å². The van der Waals surface area contributed by atoms with Crippen molar-refractivity contribution in [1.82, 2.24) is 0 Å². The highest BCUT2D eigenvalue weighted by Gasteiger charge is 2.40. The van der Waals surface area contributed by atoms with Crippen molar-refractivity contribution in [3.8, 4) is 0 Å². The van der Waals surface area contributed by atoms with Crippen LogP contribution in [0.5, 0.6) is 0 Å². The summed E-state index contributed by atoms with van der Waals surface area (Å²) in [5.41, 5.74) is 5.61. The maximum Gasteiger partial charge on any atom is 0.0783 e. The van der Waals surface area contributed by atoms with Gasteiger partial charge in [0.2, 0.25) is 0 Å². The number of hydrogen-bond acceptors (Lipinski definition) is 0. The van der Waals surface area contributed by atoms with Crippen LogP contribution in [0.15, 0.2) is 29.8 Å².